The largest absolute Gasteiger partial charge is 0.314 e. The minimum absolute atomic E-state index is 0.334. The summed E-state index contributed by atoms with van der Waals surface area (Å²) in [7, 11) is -3.09. The maximum Gasteiger partial charge on any atom is 0.175 e. The summed E-state index contributed by atoms with van der Waals surface area (Å²) in [5.41, 5.74) is 1.17. The molecule has 5 heteroatoms. The molecule has 1 aliphatic rings. The van der Waals surface area contributed by atoms with Crippen molar-refractivity contribution in [3.05, 3.63) is 29.8 Å². The molecule has 1 saturated heterocycles. The van der Waals surface area contributed by atoms with Crippen LogP contribution in [0, 0.1) is 0 Å². The summed E-state index contributed by atoms with van der Waals surface area (Å²) in [6.45, 7) is 6.28. The van der Waals surface area contributed by atoms with Crippen molar-refractivity contribution >= 4 is 9.84 Å². The second-order valence-electron chi connectivity index (χ2n) is 4.80. The number of nitrogens with zero attached hydrogens (tertiary/aromatic N) is 1. The van der Waals surface area contributed by atoms with E-state index in [0.29, 0.717) is 10.9 Å². The van der Waals surface area contributed by atoms with E-state index < -0.39 is 9.84 Å². The van der Waals surface area contributed by atoms with Gasteiger partial charge in [-0.25, -0.2) is 8.42 Å². The SMILES string of the molecule is C[C@H](c1ccc(S(C)(=O)=O)cc1)N1CCNCC1. The van der Waals surface area contributed by atoms with Gasteiger partial charge in [0.2, 0.25) is 0 Å². The molecule has 1 aromatic rings. The van der Waals surface area contributed by atoms with E-state index in [9.17, 15) is 8.42 Å². The fourth-order valence-electron chi connectivity index (χ4n) is 2.27. The molecule has 0 radical (unpaired) electrons. The number of sulfone groups is 1. The van der Waals surface area contributed by atoms with E-state index in [1.807, 2.05) is 12.1 Å². The summed E-state index contributed by atoms with van der Waals surface area (Å²) < 4.78 is 22.8. The molecule has 1 atom stereocenters. The predicted octanol–water partition coefficient (Wildman–Crippen LogP) is 1.06. The summed E-state index contributed by atoms with van der Waals surface area (Å²) in [5, 5.41) is 3.33. The second-order valence-corrected chi connectivity index (χ2v) is 6.82. The molecule has 0 unspecified atom stereocenters. The lowest BCUT2D eigenvalue weighted by Gasteiger charge is -2.33. The van der Waals surface area contributed by atoms with Crippen LogP contribution in [0.1, 0.15) is 18.5 Å². The molecule has 1 heterocycles. The molecule has 4 nitrogen and oxygen atoms in total. The van der Waals surface area contributed by atoms with E-state index in [1.165, 1.54) is 11.8 Å². The van der Waals surface area contributed by atoms with Gasteiger partial charge in [0.15, 0.2) is 9.84 Å². The zero-order chi connectivity index (χ0) is 13.2. The topological polar surface area (TPSA) is 49.4 Å². The smallest absolute Gasteiger partial charge is 0.175 e. The summed E-state index contributed by atoms with van der Waals surface area (Å²) in [6, 6.07) is 7.57. The molecular weight excluding hydrogens is 248 g/mol. The molecule has 0 spiro atoms. The minimum atomic E-state index is -3.09. The Balaban J connectivity index is 2.13. The van der Waals surface area contributed by atoms with Gasteiger partial charge in [-0.3, -0.25) is 4.90 Å². The number of piperazine rings is 1. The first kappa shape index (κ1) is 13.5. The molecule has 0 bridgehead atoms. The molecule has 0 amide bonds. The fourth-order valence-corrected chi connectivity index (χ4v) is 2.90. The standard InChI is InChI=1S/C13H20N2O2S/c1-11(15-9-7-14-8-10-15)12-3-5-13(6-4-12)18(2,16)17/h3-6,11,14H,7-10H2,1-2H3/t11-/m1/s1. The highest BCUT2D eigenvalue weighted by molar-refractivity contribution is 7.90. The molecule has 1 aliphatic heterocycles. The average Bonchev–Trinajstić information content (AvgIpc) is 2.38. The first-order chi connectivity index (χ1) is 8.48. The highest BCUT2D eigenvalue weighted by Crippen LogP contribution is 2.21. The summed E-state index contributed by atoms with van der Waals surface area (Å²) in [5.74, 6) is 0. The van der Waals surface area contributed by atoms with Crippen LogP contribution in [0.4, 0.5) is 0 Å². The van der Waals surface area contributed by atoms with Gasteiger partial charge < -0.3 is 5.32 Å². The van der Waals surface area contributed by atoms with Gasteiger partial charge in [-0.05, 0) is 24.6 Å². The van der Waals surface area contributed by atoms with Crippen molar-refractivity contribution in [2.75, 3.05) is 32.4 Å². The third-order valence-electron chi connectivity index (χ3n) is 3.49. The van der Waals surface area contributed by atoms with Crippen LogP contribution < -0.4 is 5.32 Å². The van der Waals surface area contributed by atoms with Gasteiger partial charge in [0, 0.05) is 38.5 Å². The Morgan fingerprint density at radius 1 is 1.17 bits per heavy atom. The van der Waals surface area contributed by atoms with Crippen LogP contribution in [0.25, 0.3) is 0 Å². The molecule has 1 fully saturated rings. The van der Waals surface area contributed by atoms with E-state index in [-0.39, 0.29) is 0 Å². The quantitative estimate of drug-likeness (QED) is 0.890. The number of nitrogens with one attached hydrogen (secondary N) is 1. The minimum Gasteiger partial charge on any atom is -0.314 e. The highest BCUT2D eigenvalue weighted by Gasteiger charge is 2.18. The van der Waals surface area contributed by atoms with Gasteiger partial charge >= 0.3 is 0 Å². The highest BCUT2D eigenvalue weighted by atomic mass is 32.2. The van der Waals surface area contributed by atoms with E-state index in [1.54, 1.807) is 12.1 Å². The Kier molecular flexibility index (Phi) is 4.04. The van der Waals surface area contributed by atoms with Gasteiger partial charge in [-0.1, -0.05) is 12.1 Å². The molecule has 0 aromatic heterocycles. The predicted molar refractivity (Wildman–Crippen MR) is 72.4 cm³/mol. The Bertz CT molecular complexity index is 490. The summed E-state index contributed by atoms with van der Waals surface area (Å²) in [4.78, 5) is 2.80. The average molecular weight is 268 g/mol. The van der Waals surface area contributed by atoms with Crippen molar-refractivity contribution in [2.45, 2.75) is 17.9 Å². The zero-order valence-corrected chi connectivity index (χ0v) is 11.7. The lowest BCUT2D eigenvalue weighted by molar-refractivity contribution is 0.185. The number of rotatable bonds is 3. The van der Waals surface area contributed by atoms with Crippen LogP contribution in [-0.2, 0) is 9.84 Å². The van der Waals surface area contributed by atoms with Crippen LogP contribution in [0.3, 0.4) is 0 Å². The summed E-state index contributed by atoms with van der Waals surface area (Å²) >= 11 is 0. The monoisotopic (exact) mass is 268 g/mol. The molecule has 1 N–H and O–H groups in total. The van der Waals surface area contributed by atoms with Crippen molar-refractivity contribution in [2.24, 2.45) is 0 Å². The molecule has 1 aromatic carbocycles. The third kappa shape index (κ3) is 3.10. The van der Waals surface area contributed by atoms with Crippen molar-refractivity contribution in [1.29, 1.82) is 0 Å². The third-order valence-corrected chi connectivity index (χ3v) is 4.62. The van der Waals surface area contributed by atoms with Crippen molar-refractivity contribution < 1.29 is 8.42 Å². The Morgan fingerprint density at radius 3 is 2.22 bits per heavy atom. The van der Waals surface area contributed by atoms with Crippen LogP contribution in [0.2, 0.25) is 0 Å². The Hall–Kier alpha value is -0.910. The van der Waals surface area contributed by atoms with Crippen molar-refractivity contribution in [3.63, 3.8) is 0 Å². The lowest BCUT2D eigenvalue weighted by atomic mass is 10.1. The first-order valence-corrected chi connectivity index (χ1v) is 8.12. The molecule has 0 aliphatic carbocycles. The van der Waals surface area contributed by atoms with Crippen LogP contribution in [0.5, 0.6) is 0 Å². The molecule has 18 heavy (non-hydrogen) atoms. The van der Waals surface area contributed by atoms with Crippen LogP contribution in [-0.4, -0.2) is 45.8 Å². The fraction of sp³-hybridized carbons (Fsp3) is 0.538. The van der Waals surface area contributed by atoms with Gasteiger partial charge in [0.25, 0.3) is 0 Å². The van der Waals surface area contributed by atoms with Gasteiger partial charge in [0.05, 0.1) is 4.90 Å². The van der Waals surface area contributed by atoms with E-state index in [0.717, 1.165) is 26.2 Å². The van der Waals surface area contributed by atoms with Crippen molar-refractivity contribution in [1.82, 2.24) is 10.2 Å². The molecule has 2 rings (SSSR count). The normalized spacial score (nSPS) is 19.7. The van der Waals surface area contributed by atoms with Crippen LogP contribution >= 0.6 is 0 Å². The maximum absolute atomic E-state index is 11.4. The lowest BCUT2D eigenvalue weighted by Crippen LogP contribution is -2.44. The molecule has 0 saturated carbocycles. The zero-order valence-electron chi connectivity index (χ0n) is 10.9. The second kappa shape index (κ2) is 5.38. The van der Waals surface area contributed by atoms with Crippen LogP contribution in [0.15, 0.2) is 29.2 Å². The van der Waals surface area contributed by atoms with Gasteiger partial charge in [0.1, 0.15) is 0 Å². The van der Waals surface area contributed by atoms with E-state index >= 15 is 0 Å². The number of benzene rings is 1. The number of hydrogen-bond acceptors (Lipinski definition) is 4. The van der Waals surface area contributed by atoms with Crippen molar-refractivity contribution in [3.8, 4) is 0 Å². The Morgan fingerprint density at radius 2 is 1.72 bits per heavy atom. The van der Waals surface area contributed by atoms with Gasteiger partial charge in [-0.2, -0.15) is 0 Å². The molecule has 100 valence electrons. The van der Waals surface area contributed by atoms with Gasteiger partial charge in [-0.15, -0.1) is 0 Å². The summed E-state index contributed by atoms with van der Waals surface area (Å²) in [6.07, 6.45) is 1.24. The molecular formula is C13H20N2O2S. The first-order valence-electron chi connectivity index (χ1n) is 6.23. The Labute approximate surface area is 109 Å². The van der Waals surface area contributed by atoms with E-state index in [4.69, 9.17) is 0 Å². The maximum atomic E-state index is 11.4. The van der Waals surface area contributed by atoms with E-state index in [2.05, 4.69) is 17.1 Å². The number of hydrogen-bond donors (Lipinski definition) is 1.